The second-order valence-corrected chi connectivity index (χ2v) is 6.37. The van der Waals surface area contributed by atoms with Gasteiger partial charge in [0, 0.05) is 37.6 Å². The van der Waals surface area contributed by atoms with E-state index in [-0.39, 0.29) is 12.1 Å². The Kier molecular flexibility index (Phi) is 6.44. The molecule has 0 aliphatic carbocycles. The van der Waals surface area contributed by atoms with Crippen LogP contribution in [0.2, 0.25) is 0 Å². The molecule has 1 aromatic heterocycles. The van der Waals surface area contributed by atoms with E-state index in [2.05, 4.69) is 15.6 Å². The molecule has 134 valence electrons. The molecule has 1 saturated heterocycles. The number of nitrogens with one attached hydrogen (secondary N) is 2. The highest BCUT2D eigenvalue weighted by Gasteiger charge is 2.21. The van der Waals surface area contributed by atoms with Crippen molar-refractivity contribution in [3.05, 3.63) is 65.5 Å². The van der Waals surface area contributed by atoms with Crippen LogP contribution in [0.15, 0.2) is 42.7 Å². The van der Waals surface area contributed by atoms with Crippen molar-refractivity contribution in [1.82, 2.24) is 15.6 Å². The van der Waals surface area contributed by atoms with Gasteiger partial charge in [-0.25, -0.2) is 8.78 Å². The van der Waals surface area contributed by atoms with Gasteiger partial charge >= 0.3 is 0 Å². The number of nitrogens with zero attached hydrogens (tertiary/aromatic N) is 1. The number of hydrogen-bond donors (Lipinski definition) is 2. The zero-order valence-electron chi connectivity index (χ0n) is 14.1. The molecule has 25 heavy (non-hydrogen) atoms. The molecule has 0 radical (unpaired) electrons. The molecule has 2 aromatic rings. The Labute approximate surface area is 146 Å². The number of halogens is 2. The molecule has 2 heterocycles. The van der Waals surface area contributed by atoms with E-state index in [9.17, 15) is 8.78 Å². The van der Waals surface area contributed by atoms with Crippen molar-refractivity contribution in [2.45, 2.75) is 31.6 Å². The number of rotatable bonds is 7. The maximum Gasteiger partial charge on any atom is 0.126 e. The first-order valence-corrected chi connectivity index (χ1v) is 8.58. The molecule has 0 saturated carbocycles. The summed E-state index contributed by atoms with van der Waals surface area (Å²) in [5.74, 6) is -1.06. The Hall–Kier alpha value is -1.89. The van der Waals surface area contributed by atoms with Gasteiger partial charge in [0.1, 0.15) is 11.6 Å². The lowest BCUT2D eigenvalue weighted by molar-refractivity contribution is 0.0172. The molecule has 1 aliphatic rings. The first kappa shape index (κ1) is 17.9. The van der Waals surface area contributed by atoms with Gasteiger partial charge in [0.15, 0.2) is 0 Å². The van der Waals surface area contributed by atoms with Crippen molar-refractivity contribution >= 4 is 0 Å². The summed E-state index contributed by atoms with van der Waals surface area (Å²) in [6, 6.07) is 7.83. The minimum atomic E-state index is -0.529. The van der Waals surface area contributed by atoms with Crippen LogP contribution in [0, 0.1) is 11.6 Å². The minimum absolute atomic E-state index is 0.137. The lowest BCUT2D eigenvalue weighted by Gasteiger charge is -2.30. The van der Waals surface area contributed by atoms with Crippen molar-refractivity contribution in [3.63, 3.8) is 0 Å². The van der Waals surface area contributed by atoms with E-state index in [1.165, 1.54) is 12.1 Å². The van der Waals surface area contributed by atoms with Crippen molar-refractivity contribution in [2.75, 3.05) is 19.6 Å². The average Bonchev–Trinajstić information content (AvgIpc) is 2.60. The quantitative estimate of drug-likeness (QED) is 0.808. The van der Waals surface area contributed by atoms with E-state index in [0.29, 0.717) is 25.1 Å². The molecule has 2 N–H and O–H groups in total. The van der Waals surface area contributed by atoms with Gasteiger partial charge in [-0.05, 0) is 48.7 Å². The van der Waals surface area contributed by atoms with E-state index in [1.54, 1.807) is 6.20 Å². The van der Waals surface area contributed by atoms with Crippen LogP contribution in [0.1, 0.15) is 17.5 Å². The molecule has 6 heteroatoms. The van der Waals surface area contributed by atoms with Gasteiger partial charge in [0.25, 0.3) is 0 Å². The number of aromatic nitrogens is 1. The molecular weight excluding hydrogens is 324 g/mol. The highest BCUT2D eigenvalue weighted by molar-refractivity contribution is 5.18. The summed E-state index contributed by atoms with van der Waals surface area (Å²) in [5.41, 5.74) is 1.73. The Morgan fingerprint density at radius 2 is 2.00 bits per heavy atom. The summed E-state index contributed by atoms with van der Waals surface area (Å²) in [6.07, 6.45) is 5.19. The van der Waals surface area contributed by atoms with E-state index in [4.69, 9.17) is 4.74 Å². The van der Waals surface area contributed by atoms with Gasteiger partial charge in [0.2, 0.25) is 0 Å². The molecule has 0 bridgehead atoms. The van der Waals surface area contributed by atoms with Crippen LogP contribution in [-0.2, 0) is 17.8 Å². The SMILES string of the molecule is Fc1cc(F)cc(CCNC2CNCC(OCc3cccnc3)C2)c1. The van der Waals surface area contributed by atoms with Gasteiger partial charge in [-0.15, -0.1) is 0 Å². The Balaban J connectivity index is 1.40. The van der Waals surface area contributed by atoms with Crippen LogP contribution in [0.4, 0.5) is 8.78 Å². The van der Waals surface area contributed by atoms with Crippen LogP contribution in [0.25, 0.3) is 0 Å². The molecule has 1 aliphatic heterocycles. The van der Waals surface area contributed by atoms with E-state index >= 15 is 0 Å². The first-order chi connectivity index (χ1) is 12.2. The number of benzene rings is 1. The van der Waals surface area contributed by atoms with Crippen molar-refractivity contribution in [3.8, 4) is 0 Å². The van der Waals surface area contributed by atoms with Gasteiger partial charge in [-0.1, -0.05) is 6.07 Å². The topological polar surface area (TPSA) is 46.2 Å². The Morgan fingerprint density at radius 3 is 2.76 bits per heavy atom. The predicted molar refractivity (Wildman–Crippen MR) is 92.2 cm³/mol. The second-order valence-electron chi connectivity index (χ2n) is 6.37. The molecular formula is C19H23F2N3O. The highest BCUT2D eigenvalue weighted by atomic mass is 19.1. The zero-order valence-corrected chi connectivity index (χ0v) is 14.1. The Morgan fingerprint density at radius 1 is 1.16 bits per heavy atom. The van der Waals surface area contributed by atoms with Crippen LogP contribution in [-0.4, -0.2) is 36.8 Å². The normalized spacial score (nSPS) is 20.6. The van der Waals surface area contributed by atoms with Crippen molar-refractivity contribution < 1.29 is 13.5 Å². The van der Waals surface area contributed by atoms with Crippen molar-refractivity contribution in [1.29, 1.82) is 0 Å². The van der Waals surface area contributed by atoms with Crippen LogP contribution < -0.4 is 10.6 Å². The lowest BCUT2D eigenvalue weighted by atomic mass is 10.0. The standard InChI is InChI=1S/C19H23F2N3O/c20-16-6-14(7-17(21)8-16)3-5-24-18-9-19(12-23-11-18)25-13-15-2-1-4-22-10-15/h1-2,4,6-8,10,18-19,23-24H,3,5,9,11-13H2. The van der Waals surface area contributed by atoms with Gasteiger partial charge in [-0.3, -0.25) is 4.98 Å². The monoisotopic (exact) mass is 347 g/mol. The maximum absolute atomic E-state index is 13.2. The first-order valence-electron chi connectivity index (χ1n) is 8.58. The van der Waals surface area contributed by atoms with E-state index in [0.717, 1.165) is 31.1 Å². The molecule has 1 fully saturated rings. The maximum atomic E-state index is 13.2. The molecule has 2 unspecified atom stereocenters. The average molecular weight is 347 g/mol. The number of hydrogen-bond acceptors (Lipinski definition) is 4. The summed E-state index contributed by atoms with van der Waals surface area (Å²) in [7, 11) is 0. The summed E-state index contributed by atoms with van der Waals surface area (Å²) in [4.78, 5) is 4.08. The van der Waals surface area contributed by atoms with Crippen molar-refractivity contribution in [2.24, 2.45) is 0 Å². The number of piperidine rings is 1. The fourth-order valence-electron chi connectivity index (χ4n) is 3.06. The largest absolute Gasteiger partial charge is 0.372 e. The van der Waals surface area contributed by atoms with Crippen LogP contribution in [0.5, 0.6) is 0 Å². The smallest absolute Gasteiger partial charge is 0.126 e. The number of ether oxygens (including phenoxy) is 1. The van der Waals surface area contributed by atoms with Gasteiger partial charge < -0.3 is 15.4 Å². The van der Waals surface area contributed by atoms with Gasteiger partial charge in [-0.2, -0.15) is 0 Å². The number of pyridine rings is 1. The van der Waals surface area contributed by atoms with Gasteiger partial charge in [0.05, 0.1) is 12.7 Å². The molecule has 0 amide bonds. The molecule has 2 atom stereocenters. The van der Waals surface area contributed by atoms with Crippen LogP contribution >= 0.6 is 0 Å². The third-order valence-corrected chi connectivity index (χ3v) is 4.29. The third-order valence-electron chi connectivity index (χ3n) is 4.29. The molecule has 0 spiro atoms. The highest BCUT2D eigenvalue weighted by Crippen LogP contribution is 2.11. The summed E-state index contributed by atoms with van der Waals surface area (Å²) < 4.78 is 32.3. The minimum Gasteiger partial charge on any atom is -0.372 e. The predicted octanol–water partition coefficient (Wildman–Crippen LogP) is 2.44. The second kappa shape index (κ2) is 8.99. The zero-order chi connectivity index (χ0) is 17.5. The van der Waals surface area contributed by atoms with E-state index in [1.807, 2.05) is 18.3 Å². The third kappa shape index (κ3) is 5.85. The van der Waals surface area contributed by atoms with Crippen LogP contribution in [0.3, 0.4) is 0 Å². The fourth-order valence-corrected chi connectivity index (χ4v) is 3.06. The summed E-state index contributed by atoms with van der Waals surface area (Å²) >= 11 is 0. The fraction of sp³-hybridized carbons (Fsp3) is 0.421. The Bertz CT molecular complexity index is 649. The summed E-state index contributed by atoms with van der Waals surface area (Å²) in [5, 5.41) is 6.80. The molecule has 1 aromatic carbocycles. The molecule has 4 nitrogen and oxygen atoms in total. The van der Waals surface area contributed by atoms with E-state index < -0.39 is 11.6 Å². The lowest BCUT2D eigenvalue weighted by Crippen LogP contribution is -2.50. The summed E-state index contributed by atoms with van der Waals surface area (Å²) in [6.45, 7) is 2.91. The molecule has 3 rings (SSSR count).